The number of carbonyl (C=O) groups excluding carboxylic acids is 1. The van der Waals surface area contributed by atoms with Crippen LogP contribution in [0.3, 0.4) is 0 Å². The molecule has 0 spiro atoms. The lowest BCUT2D eigenvalue weighted by atomic mass is 10.1. The number of ketones is 1. The third-order valence-corrected chi connectivity index (χ3v) is 7.41. The largest absolute Gasteiger partial charge is 0.391 e. The third kappa shape index (κ3) is 3.61. The normalized spacial score (nSPS) is 18.1. The molecule has 1 saturated heterocycles. The van der Waals surface area contributed by atoms with Gasteiger partial charge in [-0.15, -0.1) is 0 Å². The quantitative estimate of drug-likeness (QED) is 0.800. The van der Waals surface area contributed by atoms with Crippen molar-refractivity contribution in [2.45, 2.75) is 36.5 Å². The minimum Gasteiger partial charge on any atom is -0.391 e. The molecule has 25 heavy (non-hydrogen) atoms. The Kier molecular flexibility index (Phi) is 4.95. The molecular weight excluding hydrogens is 360 g/mol. The van der Waals surface area contributed by atoms with E-state index >= 15 is 0 Å². The zero-order valence-electron chi connectivity index (χ0n) is 14.0. The summed E-state index contributed by atoms with van der Waals surface area (Å²) in [6.45, 7) is 4.46. The molecule has 0 unspecified atom stereocenters. The summed E-state index contributed by atoms with van der Waals surface area (Å²) in [5, 5.41) is 9.77. The summed E-state index contributed by atoms with van der Waals surface area (Å²) in [6, 6.07) is 6.13. The number of sulfone groups is 1. The lowest BCUT2D eigenvalue weighted by Gasteiger charge is -2.12. The third-order valence-electron chi connectivity index (χ3n) is 4.20. The Bertz CT molecular complexity index is 890. The molecule has 2 aromatic rings. The molecule has 0 bridgehead atoms. The van der Waals surface area contributed by atoms with E-state index in [2.05, 4.69) is 4.98 Å². The molecular formula is C17H20N2O4S2. The number of hydrogen-bond acceptors (Lipinski definition) is 7. The summed E-state index contributed by atoms with van der Waals surface area (Å²) in [4.78, 5) is 19.5. The number of benzene rings is 1. The van der Waals surface area contributed by atoms with Crippen molar-refractivity contribution in [1.82, 2.24) is 4.98 Å². The highest BCUT2D eigenvalue weighted by atomic mass is 32.2. The van der Waals surface area contributed by atoms with Crippen LogP contribution in [0.5, 0.6) is 0 Å². The van der Waals surface area contributed by atoms with Gasteiger partial charge in [0.05, 0.1) is 27.3 Å². The van der Waals surface area contributed by atoms with E-state index in [4.69, 9.17) is 0 Å². The first-order valence-corrected chi connectivity index (χ1v) is 10.4. The molecule has 6 nitrogen and oxygen atoms in total. The maximum absolute atomic E-state index is 12.7. The van der Waals surface area contributed by atoms with Gasteiger partial charge in [-0.1, -0.05) is 23.5 Å². The Morgan fingerprint density at radius 2 is 2.16 bits per heavy atom. The van der Waals surface area contributed by atoms with E-state index < -0.39 is 15.1 Å². The average molecular weight is 380 g/mol. The van der Waals surface area contributed by atoms with E-state index in [0.29, 0.717) is 35.1 Å². The fraction of sp³-hybridized carbons (Fsp3) is 0.412. The van der Waals surface area contributed by atoms with Crippen LogP contribution in [-0.4, -0.2) is 48.7 Å². The van der Waals surface area contributed by atoms with Crippen LogP contribution >= 0.6 is 11.3 Å². The van der Waals surface area contributed by atoms with Crippen LogP contribution in [0.4, 0.5) is 5.13 Å². The SMILES string of the molecule is CC(C)S(=O)(=O)c1cccc(C(=O)c2cnc(N3CC[C@H](O)C3)s2)c1. The molecule has 1 aliphatic rings. The number of carbonyl (C=O) groups is 1. The van der Waals surface area contributed by atoms with E-state index in [0.717, 1.165) is 0 Å². The zero-order chi connectivity index (χ0) is 18.2. The van der Waals surface area contributed by atoms with Crippen LogP contribution in [0.1, 0.15) is 35.5 Å². The first kappa shape index (κ1) is 18.0. The van der Waals surface area contributed by atoms with Crippen LogP contribution in [-0.2, 0) is 9.84 Å². The van der Waals surface area contributed by atoms with Gasteiger partial charge in [0.1, 0.15) is 0 Å². The number of aromatic nitrogens is 1. The number of nitrogens with zero attached hydrogens (tertiary/aromatic N) is 2. The maximum Gasteiger partial charge on any atom is 0.204 e. The molecule has 1 aromatic carbocycles. The van der Waals surface area contributed by atoms with Gasteiger partial charge < -0.3 is 10.0 Å². The molecule has 0 aliphatic carbocycles. The molecule has 2 heterocycles. The van der Waals surface area contributed by atoms with E-state index in [1.807, 2.05) is 4.90 Å². The van der Waals surface area contributed by atoms with Crippen molar-refractivity contribution >= 4 is 32.1 Å². The minimum absolute atomic E-state index is 0.153. The zero-order valence-corrected chi connectivity index (χ0v) is 15.7. The Hall–Kier alpha value is -1.77. The van der Waals surface area contributed by atoms with Gasteiger partial charge in [-0.05, 0) is 32.4 Å². The van der Waals surface area contributed by atoms with Crippen LogP contribution in [0, 0.1) is 0 Å². The Labute approximate surface area is 151 Å². The fourth-order valence-electron chi connectivity index (χ4n) is 2.66. The van der Waals surface area contributed by atoms with E-state index in [1.165, 1.54) is 29.7 Å². The van der Waals surface area contributed by atoms with Gasteiger partial charge >= 0.3 is 0 Å². The predicted octanol–water partition coefficient (Wildman–Crippen LogP) is 2.13. The van der Waals surface area contributed by atoms with E-state index in [-0.39, 0.29) is 16.8 Å². The summed E-state index contributed by atoms with van der Waals surface area (Å²) >= 11 is 1.26. The van der Waals surface area contributed by atoms with Crippen molar-refractivity contribution < 1.29 is 18.3 Å². The minimum atomic E-state index is -3.43. The van der Waals surface area contributed by atoms with Gasteiger partial charge in [-0.25, -0.2) is 13.4 Å². The number of hydrogen-bond donors (Lipinski definition) is 1. The topological polar surface area (TPSA) is 87.6 Å². The van der Waals surface area contributed by atoms with Crippen LogP contribution < -0.4 is 4.90 Å². The predicted molar refractivity (Wildman–Crippen MR) is 97.1 cm³/mol. The van der Waals surface area contributed by atoms with Gasteiger partial charge in [0.25, 0.3) is 0 Å². The molecule has 0 radical (unpaired) electrons. The van der Waals surface area contributed by atoms with Crippen LogP contribution in [0.15, 0.2) is 35.4 Å². The van der Waals surface area contributed by atoms with Crippen molar-refractivity contribution in [3.05, 3.63) is 40.9 Å². The molecule has 0 amide bonds. The van der Waals surface area contributed by atoms with Crippen molar-refractivity contribution in [2.75, 3.05) is 18.0 Å². The fourth-order valence-corrected chi connectivity index (χ4v) is 4.68. The van der Waals surface area contributed by atoms with Crippen LogP contribution in [0.2, 0.25) is 0 Å². The van der Waals surface area contributed by atoms with Gasteiger partial charge in [0.2, 0.25) is 5.78 Å². The highest BCUT2D eigenvalue weighted by molar-refractivity contribution is 7.92. The summed E-state index contributed by atoms with van der Waals surface area (Å²) in [5.41, 5.74) is 0.332. The Morgan fingerprint density at radius 3 is 2.80 bits per heavy atom. The number of aliphatic hydroxyl groups is 1. The first-order valence-electron chi connectivity index (χ1n) is 8.06. The molecule has 134 valence electrons. The molecule has 1 fully saturated rings. The van der Waals surface area contributed by atoms with Crippen LogP contribution in [0.25, 0.3) is 0 Å². The molecule has 8 heteroatoms. The molecule has 0 saturated carbocycles. The molecule has 1 N–H and O–H groups in total. The summed E-state index contributed by atoms with van der Waals surface area (Å²) in [5.74, 6) is -0.246. The number of aliphatic hydroxyl groups excluding tert-OH is 1. The summed E-state index contributed by atoms with van der Waals surface area (Å²) in [6.07, 6.45) is 1.84. The monoisotopic (exact) mass is 380 g/mol. The highest BCUT2D eigenvalue weighted by Crippen LogP contribution is 2.28. The van der Waals surface area contributed by atoms with Gasteiger partial charge in [-0.2, -0.15) is 0 Å². The second-order valence-electron chi connectivity index (χ2n) is 6.35. The summed E-state index contributed by atoms with van der Waals surface area (Å²) in [7, 11) is -3.43. The lowest BCUT2D eigenvalue weighted by molar-refractivity contribution is 0.104. The second-order valence-corrected chi connectivity index (χ2v) is 9.86. The number of thiazole rings is 1. The molecule has 3 rings (SSSR count). The van der Waals surface area contributed by atoms with E-state index in [9.17, 15) is 18.3 Å². The van der Waals surface area contributed by atoms with Gasteiger partial charge in [0, 0.05) is 18.7 Å². The van der Waals surface area contributed by atoms with Crippen molar-refractivity contribution in [1.29, 1.82) is 0 Å². The van der Waals surface area contributed by atoms with Gasteiger partial charge in [-0.3, -0.25) is 4.79 Å². The standard InChI is InChI=1S/C17H20N2O4S2/c1-11(2)25(22,23)14-5-3-4-12(8-14)16(21)15-9-18-17(24-15)19-7-6-13(20)10-19/h3-5,8-9,11,13,20H,6-7,10H2,1-2H3/t13-/m0/s1. The highest BCUT2D eigenvalue weighted by Gasteiger charge is 2.25. The smallest absolute Gasteiger partial charge is 0.204 e. The van der Waals surface area contributed by atoms with Gasteiger partial charge in [0.15, 0.2) is 15.0 Å². The Balaban J connectivity index is 1.86. The lowest BCUT2D eigenvalue weighted by Crippen LogP contribution is -2.20. The van der Waals surface area contributed by atoms with Crippen molar-refractivity contribution in [3.8, 4) is 0 Å². The number of β-amino-alcohol motifs (C(OH)–C–C–N with tert-alkyl or cyclic N) is 1. The molecule has 1 aliphatic heterocycles. The second kappa shape index (κ2) is 6.86. The number of rotatable bonds is 5. The van der Waals surface area contributed by atoms with E-state index in [1.54, 1.807) is 26.0 Å². The number of anilines is 1. The molecule has 1 aromatic heterocycles. The van der Waals surface area contributed by atoms with Crippen molar-refractivity contribution in [3.63, 3.8) is 0 Å². The molecule has 1 atom stereocenters. The first-order chi connectivity index (χ1) is 11.8. The van der Waals surface area contributed by atoms with Crippen molar-refractivity contribution in [2.24, 2.45) is 0 Å². The summed E-state index contributed by atoms with van der Waals surface area (Å²) < 4.78 is 24.6. The maximum atomic E-state index is 12.7. The average Bonchev–Trinajstić information content (AvgIpc) is 3.23. The Morgan fingerprint density at radius 1 is 1.40 bits per heavy atom.